The first kappa shape index (κ1) is 12.6. The van der Waals surface area contributed by atoms with Crippen LogP contribution in [-0.2, 0) is 0 Å². The molecule has 6 heteroatoms. The highest BCUT2D eigenvalue weighted by Crippen LogP contribution is 2.33. The summed E-state index contributed by atoms with van der Waals surface area (Å²) in [4.78, 5) is 12.4. The molecule has 1 aliphatic heterocycles. The maximum absolute atomic E-state index is 10.9. The fourth-order valence-corrected chi connectivity index (χ4v) is 1.84. The highest BCUT2D eigenvalue weighted by molar-refractivity contribution is 5.60. The summed E-state index contributed by atoms with van der Waals surface area (Å²) in [6.07, 6.45) is 0.490. The summed E-state index contributed by atoms with van der Waals surface area (Å²) >= 11 is 0. The number of aliphatic hydroxyl groups is 1. The molecular weight excluding hydrogens is 236 g/mol. The van der Waals surface area contributed by atoms with Crippen LogP contribution < -0.4 is 9.64 Å². The zero-order valence-electron chi connectivity index (χ0n) is 10.2. The van der Waals surface area contributed by atoms with Crippen LogP contribution >= 0.6 is 0 Å². The van der Waals surface area contributed by atoms with E-state index in [1.165, 1.54) is 6.07 Å². The first-order chi connectivity index (χ1) is 8.61. The lowest BCUT2D eigenvalue weighted by Crippen LogP contribution is -2.50. The molecule has 0 amide bonds. The van der Waals surface area contributed by atoms with E-state index in [2.05, 4.69) is 0 Å². The average Bonchev–Trinajstić information content (AvgIpc) is 2.32. The van der Waals surface area contributed by atoms with Crippen LogP contribution in [0, 0.1) is 10.1 Å². The third-order valence-corrected chi connectivity index (χ3v) is 2.83. The van der Waals surface area contributed by atoms with Crippen molar-refractivity contribution in [2.24, 2.45) is 0 Å². The molecule has 0 saturated carbocycles. The molecule has 0 radical (unpaired) electrons. The van der Waals surface area contributed by atoms with E-state index in [9.17, 15) is 15.2 Å². The molecule has 0 bridgehead atoms. The first-order valence-corrected chi connectivity index (χ1v) is 5.96. The summed E-state index contributed by atoms with van der Waals surface area (Å²) in [6.45, 7) is 3.52. The van der Waals surface area contributed by atoms with Gasteiger partial charge in [0.1, 0.15) is 0 Å². The number of rotatable bonds is 5. The molecule has 2 rings (SSSR count). The van der Waals surface area contributed by atoms with Gasteiger partial charge in [0.05, 0.1) is 17.6 Å². The van der Waals surface area contributed by atoms with Gasteiger partial charge in [-0.3, -0.25) is 10.1 Å². The monoisotopic (exact) mass is 252 g/mol. The van der Waals surface area contributed by atoms with Crippen LogP contribution in [0.1, 0.15) is 13.3 Å². The van der Waals surface area contributed by atoms with Crippen LogP contribution in [0.15, 0.2) is 18.2 Å². The number of aliphatic hydroxyl groups excluding tert-OH is 1. The van der Waals surface area contributed by atoms with E-state index >= 15 is 0 Å². The molecule has 1 heterocycles. The number of hydrogen-bond donors (Lipinski definition) is 1. The highest BCUT2D eigenvalue weighted by atomic mass is 16.6. The Kier molecular flexibility index (Phi) is 3.66. The molecule has 0 unspecified atom stereocenters. The van der Waals surface area contributed by atoms with Crippen molar-refractivity contribution in [3.05, 3.63) is 28.3 Å². The van der Waals surface area contributed by atoms with Crippen LogP contribution in [0.3, 0.4) is 0 Å². The molecule has 1 N–H and O–H groups in total. The molecule has 1 saturated heterocycles. The lowest BCUT2D eigenvalue weighted by Gasteiger charge is -2.37. The number of ether oxygens (including phenoxy) is 1. The summed E-state index contributed by atoms with van der Waals surface area (Å²) < 4.78 is 5.40. The smallest absolute Gasteiger partial charge is 0.311 e. The van der Waals surface area contributed by atoms with Gasteiger partial charge in [-0.1, -0.05) is 6.92 Å². The van der Waals surface area contributed by atoms with Crippen molar-refractivity contribution in [1.29, 1.82) is 0 Å². The number of β-amino-alcohol motifs (C(OH)–C–C–N with tert-alkyl or cyclic N) is 1. The minimum Gasteiger partial charge on any atom is -0.487 e. The van der Waals surface area contributed by atoms with Gasteiger partial charge < -0.3 is 14.7 Å². The molecule has 1 aromatic rings. The van der Waals surface area contributed by atoms with Crippen LogP contribution in [0.25, 0.3) is 0 Å². The predicted molar refractivity (Wildman–Crippen MR) is 67.1 cm³/mol. The van der Waals surface area contributed by atoms with Gasteiger partial charge in [0, 0.05) is 30.9 Å². The lowest BCUT2D eigenvalue weighted by molar-refractivity contribution is -0.385. The molecule has 1 fully saturated rings. The van der Waals surface area contributed by atoms with Crippen molar-refractivity contribution in [2.75, 3.05) is 24.6 Å². The van der Waals surface area contributed by atoms with Crippen LogP contribution in [0.5, 0.6) is 5.75 Å². The van der Waals surface area contributed by atoms with Crippen molar-refractivity contribution < 1.29 is 14.8 Å². The summed E-state index contributed by atoms with van der Waals surface area (Å²) in [7, 11) is 0. The second-order valence-electron chi connectivity index (χ2n) is 4.32. The Bertz CT molecular complexity index is 444. The van der Waals surface area contributed by atoms with Crippen molar-refractivity contribution in [3.63, 3.8) is 0 Å². The van der Waals surface area contributed by atoms with Gasteiger partial charge in [-0.25, -0.2) is 0 Å². The number of nitro benzene ring substituents is 1. The molecular formula is C12H16N2O4. The summed E-state index contributed by atoms with van der Waals surface area (Å²) in [5.74, 6) is 0.292. The van der Waals surface area contributed by atoms with Gasteiger partial charge in [0.2, 0.25) is 0 Å². The van der Waals surface area contributed by atoms with Gasteiger partial charge in [-0.15, -0.1) is 0 Å². The summed E-state index contributed by atoms with van der Waals surface area (Å²) in [6, 6.07) is 4.80. The van der Waals surface area contributed by atoms with Crippen molar-refractivity contribution >= 4 is 11.4 Å². The predicted octanol–water partition coefficient (Wildman–Crippen LogP) is 1.56. The molecule has 0 aromatic heterocycles. The Balaban J connectivity index is 2.21. The zero-order chi connectivity index (χ0) is 13.1. The van der Waals surface area contributed by atoms with Gasteiger partial charge in [0.15, 0.2) is 5.75 Å². The summed E-state index contributed by atoms with van der Waals surface area (Å²) in [5, 5.41) is 20.1. The van der Waals surface area contributed by atoms with Crippen molar-refractivity contribution in [2.45, 2.75) is 19.4 Å². The molecule has 18 heavy (non-hydrogen) atoms. The van der Waals surface area contributed by atoms with Crippen molar-refractivity contribution in [1.82, 2.24) is 0 Å². The number of nitro groups is 1. The average molecular weight is 252 g/mol. The third-order valence-electron chi connectivity index (χ3n) is 2.83. The molecule has 6 nitrogen and oxygen atoms in total. The Hall–Kier alpha value is -1.82. The van der Waals surface area contributed by atoms with Gasteiger partial charge >= 0.3 is 5.69 Å². The number of anilines is 1. The Morgan fingerprint density at radius 3 is 2.83 bits per heavy atom. The van der Waals surface area contributed by atoms with E-state index in [0.29, 0.717) is 25.4 Å². The minimum absolute atomic E-state index is 0.0201. The van der Waals surface area contributed by atoms with Crippen LogP contribution in [0.4, 0.5) is 11.4 Å². The van der Waals surface area contributed by atoms with E-state index in [1.54, 1.807) is 12.1 Å². The van der Waals surface area contributed by atoms with Gasteiger partial charge in [-0.05, 0) is 12.5 Å². The quantitative estimate of drug-likeness (QED) is 0.635. The third kappa shape index (κ3) is 2.53. The van der Waals surface area contributed by atoms with Crippen LogP contribution in [-0.4, -0.2) is 35.8 Å². The van der Waals surface area contributed by atoms with E-state index in [4.69, 9.17) is 4.74 Å². The highest BCUT2D eigenvalue weighted by Gasteiger charge is 2.26. The first-order valence-electron chi connectivity index (χ1n) is 5.96. The number of nitrogens with zero attached hydrogens (tertiary/aromatic N) is 2. The van der Waals surface area contributed by atoms with E-state index in [-0.39, 0.29) is 11.8 Å². The molecule has 0 spiro atoms. The van der Waals surface area contributed by atoms with Crippen molar-refractivity contribution in [3.8, 4) is 5.75 Å². The normalized spacial score (nSPS) is 15.3. The van der Waals surface area contributed by atoms with E-state index < -0.39 is 4.92 Å². The molecule has 98 valence electrons. The molecule has 1 aromatic carbocycles. The zero-order valence-corrected chi connectivity index (χ0v) is 10.2. The minimum atomic E-state index is -0.445. The summed E-state index contributed by atoms with van der Waals surface area (Å²) in [5.41, 5.74) is 0.824. The molecule has 0 aliphatic carbocycles. The Morgan fingerprint density at radius 1 is 1.56 bits per heavy atom. The maximum Gasteiger partial charge on any atom is 0.311 e. The Labute approximate surface area is 105 Å². The molecule has 0 atom stereocenters. The SMILES string of the molecule is CCCOc1cc(N2CC(O)C2)ccc1[N+](=O)[O-]. The standard InChI is InChI=1S/C12H16N2O4/c1-2-5-18-12-6-9(13-7-10(15)8-13)3-4-11(12)14(16)17/h3-4,6,10,15H,2,5,7-8H2,1H3. The second-order valence-corrected chi connectivity index (χ2v) is 4.32. The largest absolute Gasteiger partial charge is 0.487 e. The fraction of sp³-hybridized carbons (Fsp3) is 0.500. The van der Waals surface area contributed by atoms with E-state index in [0.717, 1.165) is 12.1 Å². The number of hydrogen-bond acceptors (Lipinski definition) is 5. The molecule has 1 aliphatic rings. The van der Waals surface area contributed by atoms with Gasteiger partial charge in [-0.2, -0.15) is 0 Å². The van der Waals surface area contributed by atoms with Crippen LogP contribution in [0.2, 0.25) is 0 Å². The fourth-order valence-electron chi connectivity index (χ4n) is 1.84. The van der Waals surface area contributed by atoms with E-state index in [1.807, 2.05) is 11.8 Å². The lowest BCUT2D eigenvalue weighted by atomic mass is 10.1. The Morgan fingerprint density at radius 2 is 2.28 bits per heavy atom. The number of benzene rings is 1. The topological polar surface area (TPSA) is 75.8 Å². The maximum atomic E-state index is 10.9. The van der Waals surface area contributed by atoms with Gasteiger partial charge in [0.25, 0.3) is 0 Å². The second kappa shape index (κ2) is 5.22.